The van der Waals surface area contributed by atoms with Crippen LogP contribution >= 0.6 is 0 Å². The fraction of sp³-hybridized carbons (Fsp3) is 0.571. The molecule has 1 aromatic rings. The number of benzene rings is 1. The maximum atomic E-state index is 13.8. The summed E-state index contributed by atoms with van der Waals surface area (Å²) in [6.07, 6.45) is 1.21. The first-order chi connectivity index (χ1) is 8.10. The minimum Gasteiger partial charge on any atom is -0.326 e. The van der Waals surface area contributed by atoms with Gasteiger partial charge in [0.25, 0.3) is 0 Å². The normalized spacial score (nSPS) is 25.4. The fourth-order valence-electron chi connectivity index (χ4n) is 2.67. The highest BCUT2D eigenvalue weighted by atomic mass is 19.1. The summed E-state index contributed by atoms with van der Waals surface area (Å²) < 4.78 is 13.8. The molecule has 0 spiro atoms. The third-order valence-corrected chi connectivity index (χ3v) is 3.64. The lowest BCUT2D eigenvalue weighted by Crippen LogP contribution is -2.27. The molecule has 2 rings (SSSR count). The van der Waals surface area contributed by atoms with E-state index in [1.54, 1.807) is 6.07 Å². The molecule has 0 aromatic heterocycles. The Hall–Kier alpha value is -0.930. The van der Waals surface area contributed by atoms with Crippen molar-refractivity contribution in [2.75, 3.05) is 6.54 Å². The summed E-state index contributed by atoms with van der Waals surface area (Å²) in [6, 6.07) is 5.90. The summed E-state index contributed by atoms with van der Waals surface area (Å²) in [5.41, 5.74) is 7.13. The Kier molecular flexibility index (Phi) is 3.79. The lowest BCUT2D eigenvalue weighted by molar-refractivity contribution is 0.253. The zero-order chi connectivity index (χ0) is 12.4. The lowest BCUT2D eigenvalue weighted by Gasteiger charge is -2.21. The Morgan fingerprint density at radius 3 is 2.71 bits per heavy atom. The molecule has 2 unspecified atom stereocenters. The topological polar surface area (TPSA) is 29.3 Å². The van der Waals surface area contributed by atoms with Crippen molar-refractivity contribution in [3.63, 3.8) is 0 Å². The quantitative estimate of drug-likeness (QED) is 0.873. The molecule has 1 aromatic carbocycles. The van der Waals surface area contributed by atoms with Gasteiger partial charge in [0.15, 0.2) is 0 Å². The highest BCUT2D eigenvalue weighted by Gasteiger charge is 2.26. The molecule has 2 nitrogen and oxygen atoms in total. The molecule has 0 bridgehead atoms. The second-order valence-electron chi connectivity index (χ2n) is 5.25. The van der Waals surface area contributed by atoms with E-state index in [1.807, 2.05) is 12.1 Å². The fourth-order valence-corrected chi connectivity index (χ4v) is 2.67. The molecule has 2 N–H and O–H groups in total. The van der Waals surface area contributed by atoms with E-state index in [9.17, 15) is 4.39 Å². The van der Waals surface area contributed by atoms with Crippen LogP contribution in [0.2, 0.25) is 0 Å². The van der Waals surface area contributed by atoms with Gasteiger partial charge in [-0.25, -0.2) is 4.39 Å². The predicted octanol–water partition coefficient (Wildman–Crippen LogP) is 2.51. The van der Waals surface area contributed by atoms with E-state index in [-0.39, 0.29) is 5.82 Å². The molecule has 17 heavy (non-hydrogen) atoms. The zero-order valence-electron chi connectivity index (χ0n) is 10.6. The Bertz CT molecular complexity index is 392. The van der Waals surface area contributed by atoms with Gasteiger partial charge >= 0.3 is 0 Å². The van der Waals surface area contributed by atoms with Crippen molar-refractivity contribution in [1.29, 1.82) is 0 Å². The molecular formula is C14H21FN2. The Morgan fingerprint density at radius 1 is 1.41 bits per heavy atom. The van der Waals surface area contributed by atoms with Gasteiger partial charge in [-0.3, -0.25) is 4.90 Å². The van der Waals surface area contributed by atoms with E-state index < -0.39 is 0 Å². The van der Waals surface area contributed by atoms with Gasteiger partial charge in [0.2, 0.25) is 0 Å². The number of hydrogen-bond acceptors (Lipinski definition) is 2. The number of rotatable bonds is 3. The van der Waals surface area contributed by atoms with Gasteiger partial charge in [-0.15, -0.1) is 0 Å². The third kappa shape index (κ3) is 2.85. The van der Waals surface area contributed by atoms with Gasteiger partial charge in [0.1, 0.15) is 5.82 Å². The molecule has 0 amide bonds. The second-order valence-corrected chi connectivity index (χ2v) is 5.25. The van der Waals surface area contributed by atoms with Crippen LogP contribution in [0.15, 0.2) is 18.2 Å². The molecule has 1 fully saturated rings. The van der Waals surface area contributed by atoms with Crippen molar-refractivity contribution in [1.82, 2.24) is 4.90 Å². The second kappa shape index (κ2) is 5.15. The maximum absolute atomic E-state index is 13.8. The maximum Gasteiger partial charge on any atom is 0.128 e. The molecule has 1 aliphatic heterocycles. The summed E-state index contributed by atoms with van der Waals surface area (Å²) >= 11 is 0. The standard InChI is InChI=1S/C14H21FN2/c1-10-5-11(2)17(8-10)9-13-4-3-12(7-16)6-14(13)15/h3-4,6,10-11H,5,7-9,16H2,1-2H3. The number of nitrogens with zero attached hydrogens (tertiary/aromatic N) is 1. The van der Waals surface area contributed by atoms with Crippen LogP contribution in [-0.4, -0.2) is 17.5 Å². The molecule has 3 heteroatoms. The molecule has 1 saturated heterocycles. The van der Waals surface area contributed by atoms with Crippen LogP contribution in [0.25, 0.3) is 0 Å². The van der Waals surface area contributed by atoms with Crippen molar-refractivity contribution >= 4 is 0 Å². The van der Waals surface area contributed by atoms with Crippen molar-refractivity contribution in [3.8, 4) is 0 Å². The van der Waals surface area contributed by atoms with Gasteiger partial charge in [0, 0.05) is 31.2 Å². The first-order valence-corrected chi connectivity index (χ1v) is 6.31. The first-order valence-electron chi connectivity index (χ1n) is 6.31. The van der Waals surface area contributed by atoms with Gasteiger partial charge in [0.05, 0.1) is 0 Å². The summed E-state index contributed by atoms with van der Waals surface area (Å²) in [7, 11) is 0. The van der Waals surface area contributed by atoms with Crippen LogP contribution in [0, 0.1) is 11.7 Å². The van der Waals surface area contributed by atoms with Gasteiger partial charge in [-0.2, -0.15) is 0 Å². The third-order valence-electron chi connectivity index (χ3n) is 3.64. The van der Waals surface area contributed by atoms with Gasteiger partial charge in [-0.1, -0.05) is 19.1 Å². The summed E-state index contributed by atoms with van der Waals surface area (Å²) in [4.78, 5) is 2.35. The van der Waals surface area contributed by atoms with E-state index in [1.165, 1.54) is 6.42 Å². The number of halogens is 1. The van der Waals surface area contributed by atoms with Gasteiger partial charge in [-0.05, 0) is 30.9 Å². The Morgan fingerprint density at radius 2 is 2.18 bits per heavy atom. The predicted molar refractivity (Wildman–Crippen MR) is 67.9 cm³/mol. The highest BCUT2D eigenvalue weighted by Crippen LogP contribution is 2.25. The van der Waals surface area contributed by atoms with Crippen LogP contribution in [0.1, 0.15) is 31.4 Å². The summed E-state index contributed by atoms with van der Waals surface area (Å²) in [5, 5.41) is 0. The van der Waals surface area contributed by atoms with E-state index in [0.717, 1.165) is 23.6 Å². The van der Waals surface area contributed by atoms with Crippen LogP contribution < -0.4 is 5.73 Å². The monoisotopic (exact) mass is 236 g/mol. The van der Waals surface area contributed by atoms with Crippen molar-refractivity contribution < 1.29 is 4.39 Å². The lowest BCUT2D eigenvalue weighted by atomic mass is 10.1. The molecular weight excluding hydrogens is 215 g/mol. The van der Waals surface area contributed by atoms with Crippen LogP contribution in [0.4, 0.5) is 4.39 Å². The van der Waals surface area contributed by atoms with Crippen molar-refractivity contribution in [2.45, 2.75) is 39.4 Å². The number of nitrogens with two attached hydrogens (primary N) is 1. The van der Waals surface area contributed by atoms with Crippen molar-refractivity contribution in [2.24, 2.45) is 11.7 Å². The van der Waals surface area contributed by atoms with Crippen LogP contribution in [-0.2, 0) is 13.1 Å². The zero-order valence-corrected chi connectivity index (χ0v) is 10.6. The summed E-state index contributed by atoms with van der Waals surface area (Å²) in [6.45, 7) is 6.65. The highest BCUT2D eigenvalue weighted by molar-refractivity contribution is 5.24. The molecule has 94 valence electrons. The number of likely N-dealkylation sites (tertiary alicyclic amines) is 1. The minimum absolute atomic E-state index is 0.125. The Labute approximate surface area is 103 Å². The van der Waals surface area contributed by atoms with E-state index in [4.69, 9.17) is 5.73 Å². The molecule has 0 radical (unpaired) electrons. The van der Waals surface area contributed by atoms with E-state index in [0.29, 0.717) is 19.1 Å². The summed E-state index contributed by atoms with van der Waals surface area (Å²) in [5.74, 6) is 0.594. The first kappa shape index (κ1) is 12.5. The molecule has 1 heterocycles. The van der Waals surface area contributed by atoms with Gasteiger partial charge < -0.3 is 5.73 Å². The minimum atomic E-state index is -0.125. The van der Waals surface area contributed by atoms with Crippen molar-refractivity contribution in [3.05, 3.63) is 35.1 Å². The Balaban J connectivity index is 2.08. The average molecular weight is 236 g/mol. The SMILES string of the molecule is CC1CC(C)N(Cc2ccc(CN)cc2F)C1. The van der Waals surface area contributed by atoms with Crippen LogP contribution in [0.3, 0.4) is 0 Å². The molecule has 2 atom stereocenters. The average Bonchev–Trinajstić information content (AvgIpc) is 2.60. The largest absolute Gasteiger partial charge is 0.326 e. The van der Waals surface area contributed by atoms with E-state index >= 15 is 0 Å². The molecule has 0 aliphatic carbocycles. The molecule has 1 aliphatic rings. The molecule has 0 saturated carbocycles. The number of hydrogen-bond donors (Lipinski definition) is 1. The van der Waals surface area contributed by atoms with Crippen LogP contribution in [0.5, 0.6) is 0 Å². The smallest absolute Gasteiger partial charge is 0.128 e. The van der Waals surface area contributed by atoms with E-state index in [2.05, 4.69) is 18.7 Å².